The summed E-state index contributed by atoms with van der Waals surface area (Å²) in [4.78, 5) is 33.0. The Morgan fingerprint density at radius 1 is 0.950 bits per heavy atom. The Balaban J connectivity index is 1.55. The monoisotopic (exact) mass is 546 g/mol. The second-order valence-electron chi connectivity index (χ2n) is 12.2. The van der Waals surface area contributed by atoms with Gasteiger partial charge in [0.05, 0.1) is 0 Å². The normalized spacial score (nSPS) is 17.3. The summed E-state index contributed by atoms with van der Waals surface area (Å²) in [5.74, 6) is 1.09. The van der Waals surface area contributed by atoms with E-state index in [1.54, 1.807) is 6.92 Å². The van der Waals surface area contributed by atoms with Crippen LogP contribution in [-0.2, 0) is 24.2 Å². The molecule has 1 N–H and O–H groups in total. The molecule has 2 aromatic carbocycles. The van der Waals surface area contributed by atoms with Gasteiger partial charge in [-0.15, -0.1) is 0 Å². The van der Waals surface area contributed by atoms with E-state index in [0.29, 0.717) is 18.4 Å². The number of fused-ring (bicyclic) bond motifs is 1. The van der Waals surface area contributed by atoms with Gasteiger partial charge in [-0.2, -0.15) is 0 Å². The van der Waals surface area contributed by atoms with Gasteiger partial charge in [-0.05, 0) is 80.4 Å². The van der Waals surface area contributed by atoms with Crippen LogP contribution < -0.4 is 5.32 Å². The van der Waals surface area contributed by atoms with Crippen molar-refractivity contribution < 1.29 is 9.59 Å². The van der Waals surface area contributed by atoms with Crippen LogP contribution in [0.25, 0.3) is 0 Å². The molecule has 2 aliphatic rings. The second kappa shape index (κ2) is 14.3. The second-order valence-corrected chi connectivity index (χ2v) is 12.2. The van der Waals surface area contributed by atoms with E-state index in [2.05, 4.69) is 72.4 Å². The quantitative estimate of drug-likeness (QED) is 0.407. The number of likely N-dealkylation sites (tertiary alicyclic amines) is 1. The van der Waals surface area contributed by atoms with E-state index in [-0.39, 0.29) is 23.9 Å². The third-order valence-corrected chi connectivity index (χ3v) is 9.36. The number of nitrogens with one attached hydrogen (secondary N) is 1. The predicted molar refractivity (Wildman–Crippen MR) is 163 cm³/mol. The number of piperidine rings is 1. The number of carbonyl (C=O) groups is 2. The van der Waals surface area contributed by atoms with Crippen molar-refractivity contribution in [2.75, 3.05) is 40.3 Å². The lowest BCUT2D eigenvalue weighted by Gasteiger charge is -2.36. The van der Waals surface area contributed by atoms with Crippen LogP contribution in [0.15, 0.2) is 48.5 Å². The summed E-state index contributed by atoms with van der Waals surface area (Å²) in [6, 6.07) is 17.2. The first-order valence-corrected chi connectivity index (χ1v) is 15.4. The van der Waals surface area contributed by atoms with E-state index in [0.717, 1.165) is 75.8 Å². The molecule has 218 valence electrons. The first kappa shape index (κ1) is 30.3. The van der Waals surface area contributed by atoms with Gasteiger partial charge in [0.2, 0.25) is 5.91 Å². The Morgan fingerprint density at radius 2 is 1.55 bits per heavy atom. The Kier molecular flexibility index (Phi) is 10.8. The number of nitrogens with zero attached hydrogens (tertiary/aromatic N) is 3. The highest BCUT2D eigenvalue weighted by molar-refractivity contribution is 5.95. The molecule has 0 unspecified atom stereocenters. The SMILES string of the molecule is CCC(CC)CN(Cc1ccccc1C(=O)N(C)C1CCN(C)CC1)C[C@H](NC(C)=O)C1Cc2ccccc2C1. The molecule has 2 amide bonds. The van der Waals surface area contributed by atoms with Gasteiger partial charge in [-0.25, -0.2) is 0 Å². The van der Waals surface area contributed by atoms with Gasteiger partial charge >= 0.3 is 0 Å². The van der Waals surface area contributed by atoms with Crippen molar-refractivity contribution in [1.29, 1.82) is 0 Å². The van der Waals surface area contributed by atoms with Gasteiger partial charge in [0.1, 0.15) is 0 Å². The number of benzene rings is 2. The largest absolute Gasteiger partial charge is 0.352 e. The molecule has 6 heteroatoms. The molecule has 2 aromatic rings. The Labute approximate surface area is 242 Å². The molecule has 1 aliphatic carbocycles. The van der Waals surface area contributed by atoms with Gasteiger partial charge < -0.3 is 15.1 Å². The highest BCUT2D eigenvalue weighted by Crippen LogP contribution is 2.30. The van der Waals surface area contributed by atoms with Crippen LogP contribution in [-0.4, -0.2) is 78.9 Å². The lowest BCUT2D eigenvalue weighted by atomic mass is 9.94. The number of rotatable bonds is 12. The summed E-state index contributed by atoms with van der Waals surface area (Å²) in [5, 5.41) is 3.32. The summed E-state index contributed by atoms with van der Waals surface area (Å²) in [7, 11) is 4.13. The summed E-state index contributed by atoms with van der Waals surface area (Å²) >= 11 is 0. The molecule has 6 nitrogen and oxygen atoms in total. The Morgan fingerprint density at radius 3 is 2.15 bits per heavy atom. The minimum absolute atomic E-state index is 0.0266. The zero-order valence-corrected chi connectivity index (χ0v) is 25.4. The minimum atomic E-state index is 0.0266. The predicted octanol–water partition coefficient (Wildman–Crippen LogP) is 5.01. The summed E-state index contributed by atoms with van der Waals surface area (Å²) < 4.78 is 0. The van der Waals surface area contributed by atoms with Crippen LogP contribution in [0.5, 0.6) is 0 Å². The first-order valence-electron chi connectivity index (χ1n) is 15.4. The first-order chi connectivity index (χ1) is 19.3. The molecule has 1 fully saturated rings. The molecule has 0 spiro atoms. The van der Waals surface area contributed by atoms with Gasteiger partial charge in [0, 0.05) is 51.3 Å². The third-order valence-electron chi connectivity index (χ3n) is 9.36. The highest BCUT2D eigenvalue weighted by atomic mass is 16.2. The Bertz CT molecular complexity index is 1100. The molecule has 0 bridgehead atoms. The maximum absolute atomic E-state index is 13.8. The van der Waals surface area contributed by atoms with Crippen LogP contribution in [0.1, 0.15) is 73.5 Å². The maximum atomic E-state index is 13.8. The van der Waals surface area contributed by atoms with Crippen LogP contribution in [0, 0.1) is 11.8 Å². The number of amides is 2. The number of carbonyl (C=O) groups excluding carboxylic acids is 2. The van der Waals surface area contributed by atoms with E-state index in [4.69, 9.17) is 0 Å². The highest BCUT2D eigenvalue weighted by Gasteiger charge is 2.32. The lowest BCUT2D eigenvalue weighted by Crippen LogP contribution is -2.48. The van der Waals surface area contributed by atoms with Crippen LogP contribution in [0.2, 0.25) is 0 Å². The molecule has 1 heterocycles. The smallest absolute Gasteiger partial charge is 0.254 e. The molecule has 0 saturated carbocycles. The van der Waals surface area contributed by atoms with Crippen molar-refractivity contribution in [1.82, 2.24) is 20.0 Å². The van der Waals surface area contributed by atoms with Crippen molar-refractivity contribution in [3.05, 3.63) is 70.8 Å². The molecule has 0 aromatic heterocycles. The maximum Gasteiger partial charge on any atom is 0.254 e. The zero-order valence-electron chi connectivity index (χ0n) is 25.4. The fourth-order valence-electron chi connectivity index (χ4n) is 6.69. The molecular weight excluding hydrogens is 496 g/mol. The molecular formula is C34H50N4O2. The lowest BCUT2D eigenvalue weighted by molar-refractivity contribution is -0.120. The van der Waals surface area contributed by atoms with Crippen LogP contribution in [0.4, 0.5) is 0 Å². The van der Waals surface area contributed by atoms with Crippen LogP contribution >= 0.6 is 0 Å². The number of hydrogen-bond acceptors (Lipinski definition) is 4. The molecule has 4 rings (SSSR count). The standard InChI is InChI=1S/C34H50N4O2/c1-6-26(7-2)22-38(24-33(35-25(3)39)30-20-27-12-8-9-13-28(27)21-30)23-29-14-10-11-15-32(29)34(40)37(5)31-16-18-36(4)19-17-31/h8-15,26,30-31,33H,6-7,16-24H2,1-5H3,(H,35,39)/t33-/m0/s1. The molecule has 1 aliphatic heterocycles. The zero-order chi connectivity index (χ0) is 28.6. The van der Waals surface area contributed by atoms with Gasteiger partial charge in [-0.3, -0.25) is 14.5 Å². The summed E-state index contributed by atoms with van der Waals surface area (Å²) in [6.07, 6.45) is 6.26. The van der Waals surface area contributed by atoms with Crippen molar-refractivity contribution in [3.63, 3.8) is 0 Å². The van der Waals surface area contributed by atoms with Crippen molar-refractivity contribution in [2.24, 2.45) is 11.8 Å². The summed E-state index contributed by atoms with van der Waals surface area (Å²) in [5.41, 5.74) is 4.70. The average molecular weight is 547 g/mol. The van der Waals surface area contributed by atoms with E-state index < -0.39 is 0 Å². The molecule has 1 atom stereocenters. The number of hydrogen-bond donors (Lipinski definition) is 1. The third kappa shape index (κ3) is 7.73. The minimum Gasteiger partial charge on any atom is -0.352 e. The van der Waals surface area contributed by atoms with E-state index in [1.165, 1.54) is 11.1 Å². The fraction of sp³-hybridized carbons (Fsp3) is 0.588. The van der Waals surface area contributed by atoms with E-state index >= 15 is 0 Å². The van der Waals surface area contributed by atoms with Gasteiger partial charge in [0.15, 0.2) is 0 Å². The average Bonchev–Trinajstić information content (AvgIpc) is 3.39. The van der Waals surface area contributed by atoms with Crippen LogP contribution in [0.3, 0.4) is 0 Å². The van der Waals surface area contributed by atoms with Crippen molar-refractivity contribution in [2.45, 2.75) is 77.9 Å². The van der Waals surface area contributed by atoms with Crippen molar-refractivity contribution >= 4 is 11.8 Å². The van der Waals surface area contributed by atoms with Gasteiger partial charge in [0.25, 0.3) is 5.91 Å². The van der Waals surface area contributed by atoms with Crippen molar-refractivity contribution in [3.8, 4) is 0 Å². The summed E-state index contributed by atoms with van der Waals surface area (Å²) in [6.45, 7) is 10.7. The van der Waals surface area contributed by atoms with E-state index in [1.807, 2.05) is 24.1 Å². The molecule has 0 radical (unpaired) electrons. The molecule has 40 heavy (non-hydrogen) atoms. The molecule has 1 saturated heterocycles. The van der Waals surface area contributed by atoms with E-state index in [9.17, 15) is 9.59 Å². The fourth-order valence-corrected chi connectivity index (χ4v) is 6.69. The van der Waals surface area contributed by atoms with Gasteiger partial charge in [-0.1, -0.05) is 69.2 Å². The Hall–Kier alpha value is -2.70. The topological polar surface area (TPSA) is 55.9 Å².